The monoisotopic (exact) mass is 234 g/mol. The Morgan fingerprint density at radius 2 is 2.29 bits per heavy atom. The number of amides is 1. The number of carbonyl (C=O) groups excluding carboxylic acids is 1. The predicted molar refractivity (Wildman–Crippen MR) is 67.1 cm³/mol. The van der Waals surface area contributed by atoms with Crippen molar-refractivity contribution >= 4 is 11.6 Å². The van der Waals surface area contributed by atoms with E-state index in [0.29, 0.717) is 22.9 Å². The number of nitrogens with one attached hydrogen (secondary N) is 1. The fourth-order valence-corrected chi connectivity index (χ4v) is 1.95. The van der Waals surface area contributed by atoms with Crippen LogP contribution in [-0.2, 0) is 0 Å². The lowest BCUT2D eigenvalue weighted by molar-refractivity contribution is 0.0939. The van der Waals surface area contributed by atoms with E-state index >= 15 is 0 Å². The first-order chi connectivity index (χ1) is 8.22. The maximum atomic E-state index is 11.9. The van der Waals surface area contributed by atoms with Crippen molar-refractivity contribution < 1.29 is 9.53 Å². The highest BCUT2D eigenvalue weighted by Gasteiger charge is 2.19. The molecule has 0 atom stereocenters. The summed E-state index contributed by atoms with van der Waals surface area (Å²) in [5.74, 6) is 1.07. The fraction of sp³-hybridized carbons (Fsp3) is 0.462. The summed E-state index contributed by atoms with van der Waals surface area (Å²) < 4.78 is 5.09. The fourth-order valence-electron chi connectivity index (χ4n) is 1.95. The van der Waals surface area contributed by atoms with E-state index in [1.807, 2.05) is 0 Å². The summed E-state index contributed by atoms with van der Waals surface area (Å²) in [6.45, 7) is 0.746. The number of anilines is 1. The van der Waals surface area contributed by atoms with Gasteiger partial charge in [0.1, 0.15) is 5.75 Å². The van der Waals surface area contributed by atoms with E-state index in [1.54, 1.807) is 25.3 Å². The highest BCUT2D eigenvalue weighted by molar-refractivity contribution is 6.00. The summed E-state index contributed by atoms with van der Waals surface area (Å²) in [5.41, 5.74) is 6.76. The third-order valence-electron chi connectivity index (χ3n) is 3.31. The van der Waals surface area contributed by atoms with E-state index in [9.17, 15) is 4.79 Å². The van der Waals surface area contributed by atoms with Crippen molar-refractivity contribution in [3.63, 3.8) is 0 Å². The zero-order chi connectivity index (χ0) is 12.3. The third-order valence-corrected chi connectivity index (χ3v) is 3.31. The maximum Gasteiger partial charge on any atom is 0.253 e. The van der Waals surface area contributed by atoms with Gasteiger partial charge in [0.2, 0.25) is 0 Å². The number of hydrogen-bond acceptors (Lipinski definition) is 3. The molecular formula is C13H18N2O2. The van der Waals surface area contributed by atoms with Gasteiger partial charge in [0.15, 0.2) is 0 Å². The van der Waals surface area contributed by atoms with Crippen molar-refractivity contribution in [2.75, 3.05) is 19.4 Å². The van der Waals surface area contributed by atoms with Crippen molar-refractivity contribution in [3.05, 3.63) is 23.8 Å². The molecule has 1 aromatic rings. The van der Waals surface area contributed by atoms with Crippen LogP contribution in [0.1, 0.15) is 29.6 Å². The van der Waals surface area contributed by atoms with Gasteiger partial charge in [-0.15, -0.1) is 0 Å². The SMILES string of the molecule is COc1cccc(C(=O)NCC2CCC2)c1N. The predicted octanol–water partition coefficient (Wildman–Crippen LogP) is 1.81. The molecule has 0 bridgehead atoms. The van der Waals surface area contributed by atoms with Gasteiger partial charge in [0, 0.05) is 6.54 Å². The van der Waals surface area contributed by atoms with Crippen LogP contribution in [0, 0.1) is 5.92 Å². The van der Waals surface area contributed by atoms with Crippen LogP contribution in [0.2, 0.25) is 0 Å². The number of methoxy groups -OCH3 is 1. The average molecular weight is 234 g/mol. The Morgan fingerprint density at radius 3 is 2.88 bits per heavy atom. The molecular weight excluding hydrogens is 216 g/mol. The van der Waals surface area contributed by atoms with E-state index < -0.39 is 0 Å². The number of rotatable bonds is 4. The Morgan fingerprint density at radius 1 is 1.53 bits per heavy atom. The first kappa shape index (κ1) is 11.8. The molecule has 0 heterocycles. The van der Waals surface area contributed by atoms with E-state index in [0.717, 1.165) is 6.54 Å². The number of carbonyl (C=O) groups is 1. The number of hydrogen-bond donors (Lipinski definition) is 2. The lowest BCUT2D eigenvalue weighted by atomic mass is 9.85. The van der Waals surface area contributed by atoms with Crippen LogP contribution >= 0.6 is 0 Å². The largest absolute Gasteiger partial charge is 0.495 e. The normalized spacial score (nSPS) is 15.1. The molecule has 1 aromatic carbocycles. The van der Waals surface area contributed by atoms with Gasteiger partial charge in [-0.2, -0.15) is 0 Å². The quantitative estimate of drug-likeness (QED) is 0.781. The first-order valence-electron chi connectivity index (χ1n) is 5.93. The molecule has 0 unspecified atom stereocenters. The molecule has 0 saturated heterocycles. The smallest absolute Gasteiger partial charge is 0.253 e. The molecule has 1 aliphatic rings. The topological polar surface area (TPSA) is 64.3 Å². The Balaban J connectivity index is 2.02. The molecule has 0 radical (unpaired) electrons. The average Bonchev–Trinajstić information content (AvgIpc) is 2.27. The Hall–Kier alpha value is -1.71. The number of nitrogens with two attached hydrogens (primary N) is 1. The van der Waals surface area contributed by atoms with Gasteiger partial charge in [-0.1, -0.05) is 12.5 Å². The third kappa shape index (κ3) is 2.52. The molecule has 4 heteroatoms. The van der Waals surface area contributed by atoms with Gasteiger partial charge in [0.25, 0.3) is 5.91 Å². The minimum Gasteiger partial charge on any atom is -0.495 e. The van der Waals surface area contributed by atoms with Gasteiger partial charge in [-0.05, 0) is 30.9 Å². The highest BCUT2D eigenvalue weighted by atomic mass is 16.5. The summed E-state index contributed by atoms with van der Waals surface area (Å²) in [5, 5.41) is 2.92. The summed E-state index contributed by atoms with van der Waals surface area (Å²) in [6, 6.07) is 5.24. The van der Waals surface area contributed by atoms with Crippen molar-refractivity contribution in [2.24, 2.45) is 5.92 Å². The lowest BCUT2D eigenvalue weighted by Crippen LogP contribution is -2.32. The molecule has 1 aliphatic carbocycles. The van der Waals surface area contributed by atoms with Crippen LogP contribution in [0.25, 0.3) is 0 Å². The van der Waals surface area contributed by atoms with Crippen molar-refractivity contribution in [1.82, 2.24) is 5.32 Å². The molecule has 4 nitrogen and oxygen atoms in total. The van der Waals surface area contributed by atoms with Crippen LogP contribution in [0.5, 0.6) is 5.75 Å². The van der Waals surface area contributed by atoms with Gasteiger partial charge >= 0.3 is 0 Å². The van der Waals surface area contributed by atoms with E-state index in [4.69, 9.17) is 10.5 Å². The van der Waals surface area contributed by atoms with Crippen LogP contribution in [0.15, 0.2) is 18.2 Å². The second kappa shape index (κ2) is 5.08. The number of nitrogen functional groups attached to an aromatic ring is 1. The molecule has 1 amide bonds. The standard InChI is InChI=1S/C13H18N2O2/c1-17-11-7-3-6-10(12(11)14)13(16)15-8-9-4-2-5-9/h3,6-7,9H,2,4-5,8,14H2,1H3,(H,15,16). The minimum atomic E-state index is -0.117. The van der Waals surface area contributed by atoms with Crippen LogP contribution < -0.4 is 15.8 Å². The lowest BCUT2D eigenvalue weighted by Gasteiger charge is -2.25. The molecule has 1 fully saturated rings. The summed E-state index contributed by atoms with van der Waals surface area (Å²) in [7, 11) is 1.54. The molecule has 1 saturated carbocycles. The number of ether oxygens (including phenoxy) is 1. The molecule has 92 valence electrons. The van der Waals surface area contributed by atoms with Crippen molar-refractivity contribution in [3.8, 4) is 5.75 Å². The Labute approximate surface area is 101 Å². The van der Waals surface area contributed by atoms with Crippen molar-refractivity contribution in [1.29, 1.82) is 0 Å². The molecule has 2 rings (SSSR count). The summed E-state index contributed by atoms with van der Waals surface area (Å²) in [6.07, 6.45) is 3.71. The maximum absolute atomic E-state index is 11.9. The van der Waals surface area contributed by atoms with Gasteiger partial charge < -0.3 is 15.8 Å². The highest BCUT2D eigenvalue weighted by Crippen LogP contribution is 2.26. The summed E-state index contributed by atoms with van der Waals surface area (Å²) >= 11 is 0. The molecule has 0 aliphatic heterocycles. The second-order valence-corrected chi connectivity index (χ2v) is 4.43. The molecule has 0 aromatic heterocycles. The first-order valence-corrected chi connectivity index (χ1v) is 5.93. The zero-order valence-corrected chi connectivity index (χ0v) is 10.0. The minimum absolute atomic E-state index is 0.117. The van der Waals surface area contributed by atoms with Crippen LogP contribution in [-0.4, -0.2) is 19.6 Å². The van der Waals surface area contributed by atoms with E-state index in [2.05, 4.69) is 5.32 Å². The van der Waals surface area contributed by atoms with E-state index in [-0.39, 0.29) is 5.91 Å². The Bertz CT molecular complexity index is 414. The van der Waals surface area contributed by atoms with Crippen LogP contribution in [0.4, 0.5) is 5.69 Å². The van der Waals surface area contributed by atoms with Crippen molar-refractivity contribution in [2.45, 2.75) is 19.3 Å². The van der Waals surface area contributed by atoms with Gasteiger partial charge in [-0.3, -0.25) is 4.79 Å². The number of para-hydroxylation sites is 1. The van der Waals surface area contributed by atoms with Crippen LogP contribution in [0.3, 0.4) is 0 Å². The zero-order valence-electron chi connectivity index (χ0n) is 10.0. The molecule has 3 N–H and O–H groups in total. The van der Waals surface area contributed by atoms with E-state index in [1.165, 1.54) is 19.3 Å². The molecule has 0 spiro atoms. The second-order valence-electron chi connectivity index (χ2n) is 4.43. The number of benzene rings is 1. The van der Waals surface area contributed by atoms with Gasteiger partial charge in [-0.25, -0.2) is 0 Å². The summed E-state index contributed by atoms with van der Waals surface area (Å²) in [4.78, 5) is 11.9. The Kier molecular flexibility index (Phi) is 3.52. The van der Waals surface area contributed by atoms with Gasteiger partial charge in [0.05, 0.1) is 18.4 Å². The molecule has 17 heavy (non-hydrogen) atoms.